The Hall–Kier alpha value is -0.840. The van der Waals surface area contributed by atoms with E-state index in [1.54, 1.807) is 11.3 Å². The van der Waals surface area contributed by atoms with Crippen molar-refractivity contribution in [2.45, 2.75) is 38.8 Å². The Kier molecular flexibility index (Phi) is 4.12. The van der Waals surface area contributed by atoms with Gasteiger partial charge in [-0.1, -0.05) is 19.1 Å². The highest BCUT2D eigenvalue weighted by atomic mass is 79.9. The third kappa shape index (κ3) is 3.17. The summed E-state index contributed by atoms with van der Waals surface area (Å²) in [7, 11) is 0. The van der Waals surface area contributed by atoms with Crippen LogP contribution in [0.5, 0.6) is 5.75 Å². The topological polar surface area (TPSA) is 21.3 Å². The van der Waals surface area contributed by atoms with Crippen LogP contribution >= 0.6 is 27.3 Å². The van der Waals surface area contributed by atoms with Crippen molar-refractivity contribution in [3.63, 3.8) is 0 Å². The molecule has 2 nitrogen and oxygen atoms in total. The molecule has 1 atom stereocenters. The molecule has 0 aliphatic carbocycles. The molecule has 1 aromatic heterocycles. The lowest BCUT2D eigenvalue weighted by atomic mass is 9.95. The maximum Gasteiger partial charge on any atom is 0.123 e. The molecule has 4 heteroatoms. The summed E-state index contributed by atoms with van der Waals surface area (Å²) in [6.07, 6.45) is 0.975. The standard InChI is InChI=1S/C17H20BrNOS/c1-4-19-16(13-8-15(18)21-10-13)11-5-6-14-12(7-11)9-17(2,3)20-14/h5-8,10,16,19H,4,9H2,1-3H3. The quantitative estimate of drug-likeness (QED) is 0.829. The number of nitrogens with one attached hydrogen (secondary N) is 1. The van der Waals surface area contributed by atoms with E-state index in [1.807, 2.05) is 0 Å². The Morgan fingerprint density at radius 1 is 1.33 bits per heavy atom. The van der Waals surface area contributed by atoms with Gasteiger partial charge in [0.25, 0.3) is 0 Å². The number of fused-ring (bicyclic) bond motifs is 1. The first-order valence-electron chi connectivity index (χ1n) is 7.27. The number of hydrogen-bond acceptors (Lipinski definition) is 3. The lowest BCUT2D eigenvalue weighted by Gasteiger charge is -2.18. The molecule has 112 valence electrons. The van der Waals surface area contributed by atoms with Crippen molar-refractivity contribution in [3.8, 4) is 5.75 Å². The minimum absolute atomic E-state index is 0.0833. The highest BCUT2D eigenvalue weighted by Gasteiger charge is 2.30. The van der Waals surface area contributed by atoms with E-state index in [0.29, 0.717) is 0 Å². The first-order chi connectivity index (χ1) is 9.98. The van der Waals surface area contributed by atoms with Crippen LogP contribution in [0.1, 0.15) is 43.5 Å². The molecule has 1 aliphatic rings. The van der Waals surface area contributed by atoms with Gasteiger partial charge in [0.05, 0.1) is 9.83 Å². The summed E-state index contributed by atoms with van der Waals surface area (Å²) in [5.41, 5.74) is 3.85. The molecule has 0 saturated heterocycles. The Balaban J connectivity index is 1.95. The molecule has 0 radical (unpaired) electrons. The van der Waals surface area contributed by atoms with Crippen LogP contribution in [0.15, 0.2) is 33.4 Å². The largest absolute Gasteiger partial charge is 0.487 e. The molecule has 1 aromatic carbocycles. The molecule has 3 rings (SSSR count). The fourth-order valence-electron chi connectivity index (χ4n) is 2.92. The van der Waals surface area contributed by atoms with Crippen molar-refractivity contribution in [1.82, 2.24) is 5.32 Å². The average molecular weight is 366 g/mol. The van der Waals surface area contributed by atoms with Gasteiger partial charge in [0.1, 0.15) is 11.4 Å². The second-order valence-electron chi connectivity index (χ2n) is 6.08. The molecule has 2 heterocycles. The molecule has 0 fully saturated rings. The Morgan fingerprint density at radius 2 is 2.14 bits per heavy atom. The van der Waals surface area contributed by atoms with E-state index in [9.17, 15) is 0 Å². The lowest BCUT2D eigenvalue weighted by Crippen LogP contribution is -2.24. The van der Waals surface area contributed by atoms with Gasteiger partial charge in [-0.25, -0.2) is 0 Å². The van der Waals surface area contributed by atoms with E-state index in [0.717, 1.165) is 18.7 Å². The highest BCUT2D eigenvalue weighted by molar-refractivity contribution is 9.11. The van der Waals surface area contributed by atoms with Gasteiger partial charge in [-0.3, -0.25) is 0 Å². The number of benzene rings is 1. The van der Waals surface area contributed by atoms with Crippen molar-refractivity contribution in [3.05, 3.63) is 50.1 Å². The average Bonchev–Trinajstić information content (AvgIpc) is 2.96. The van der Waals surface area contributed by atoms with Gasteiger partial charge < -0.3 is 10.1 Å². The zero-order valence-electron chi connectivity index (χ0n) is 12.6. The monoisotopic (exact) mass is 365 g/mol. The second-order valence-corrected chi connectivity index (χ2v) is 8.37. The Morgan fingerprint density at radius 3 is 2.81 bits per heavy atom. The molecule has 0 bridgehead atoms. The Labute approximate surface area is 138 Å². The third-order valence-electron chi connectivity index (χ3n) is 3.75. The van der Waals surface area contributed by atoms with Crippen molar-refractivity contribution < 1.29 is 4.74 Å². The van der Waals surface area contributed by atoms with Crippen LogP contribution in [0.4, 0.5) is 0 Å². The van der Waals surface area contributed by atoms with E-state index in [4.69, 9.17) is 4.74 Å². The minimum atomic E-state index is -0.0833. The van der Waals surface area contributed by atoms with Crippen LogP contribution in [0, 0.1) is 0 Å². The number of halogens is 1. The molecule has 21 heavy (non-hydrogen) atoms. The van der Waals surface area contributed by atoms with E-state index in [-0.39, 0.29) is 11.6 Å². The first kappa shape index (κ1) is 15.1. The summed E-state index contributed by atoms with van der Waals surface area (Å²) < 4.78 is 7.15. The second kappa shape index (κ2) is 5.75. The van der Waals surface area contributed by atoms with Crippen molar-refractivity contribution in [2.24, 2.45) is 0 Å². The Bertz CT molecular complexity index is 650. The molecule has 1 N–H and O–H groups in total. The summed E-state index contributed by atoms with van der Waals surface area (Å²) in [5.74, 6) is 1.03. The number of thiophene rings is 1. The normalized spacial score (nSPS) is 17.3. The molecule has 0 spiro atoms. The minimum Gasteiger partial charge on any atom is -0.487 e. The fourth-order valence-corrected chi connectivity index (χ4v) is 4.12. The van der Waals surface area contributed by atoms with Crippen molar-refractivity contribution in [2.75, 3.05) is 6.54 Å². The highest BCUT2D eigenvalue weighted by Crippen LogP contribution is 2.37. The summed E-state index contributed by atoms with van der Waals surface area (Å²) >= 11 is 5.29. The maximum atomic E-state index is 5.97. The van der Waals surface area contributed by atoms with Crippen LogP contribution < -0.4 is 10.1 Å². The predicted molar refractivity (Wildman–Crippen MR) is 92.4 cm³/mol. The molecule has 0 saturated carbocycles. The van der Waals surface area contributed by atoms with Crippen LogP contribution in [-0.2, 0) is 6.42 Å². The van der Waals surface area contributed by atoms with Gasteiger partial charge >= 0.3 is 0 Å². The van der Waals surface area contributed by atoms with Gasteiger partial charge in [0.15, 0.2) is 0 Å². The van der Waals surface area contributed by atoms with Crippen LogP contribution in [-0.4, -0.2) is 12.1 Å². The molecule has 1 unspecified atom stereocenters. The SMILES string of the molecule is CCNC(c1csc(Br)c1)c1ccc2c(c1)CC(C)(C)O2. The molecular weight excluding hydrogens is 346 g/mol. The molecule has 1 aliphatic heterocycles. The van der Waals surface area contributed by atoms with Crippen LogP contribution in [0.25, 0.3) is 0 Å². The summed E-state index contributed by atoms with van der Waals surface area (Å²) in [6, 6.07) is 9.03. The van der Waals surface area contributed by atoms with E-state index in [2.05, 4.69) is 71.7 Å². The predicted octanol–water partition coefficient (Wildman–Crippen LogP) is 4.92. The number of rotatable bonds is 4. The van der Waals surface area contributed by atoms with E-state index in [1.165, 1.54) is 20.5 Å². The van der Waals surface area contributed by atoms with Gasteiger partial charge in [-0.05, 0) is 70.5 Å². The van der Waals surface area contributed by atoms with Crippen molar-refractivity contribution >= 4 is 27.3 Å². The van der Waals surface area contributed by atoms with E-state index < -0.39 is 0 Å². The van der Waals surface area contributed by atoms with Crippen molar-refractivity contribution in [1.29, 1.82) is 0 Å². The molecule has 2 aromatic rings. The lowest BCUT2D eigenvalue weighted by molar-refractivity contribution is 0.138. The van der Waals surface area contributed by atoms with Gasteiger partial charge in [-0.15, -0.1) is 11.3 Å². The smallest absolute Gasteiger partial charge is 0.123 e. The maximum absolute atomic E-state index is 5.97. The zero-order valence-corrected chi connectivity index (χ0v) is 15.0. The molecule has 0 amide bonds. The van der Waals surface area contributed by atoms with Crippen LogP contribution in [0.3, 0.4) is 0 Å². The fraction of sp³-hybridized carbons (Fsp3) is 0.412. The van der Waals surface area contributed by atoms with Crippen LogP contribution in [0.2, 0.25) is 0 Å². The molecular formula is C17H20BrNOS. The third-order valence-corrected chi connectivity index (χ3v) is 5.27. The van der Waals surface area contributed by atoms with E-state index >= 15 is 0 Å². The number of ether oxygens (including phenoxy) is 1. The summed E-state index contributed by atoms with van der Waals surface area (Å²) in [4.78, 5) is 0. The van der Waals surface area contributed by atoms with Gasteiger partial charge in [0, 0.05) is 6.42 Å². The van der Waals surface area contributed by atoms with Gasteiger partial charge in [0.2, 0.25) is 0 Å². The zero-order chi connectivity index (χ0) is 15.0. The summed E-state index contributed by atoms with van der Waals surface area (Å²) in [6.45, 7) is 7.38. The first-order valence-corrected chi connectivity index (χ1v) is 8.95. The number of hydrogen-bond donors (Lipinski definition) is 1. The summed E-state index contributed by atoms with van der Waals surface area (Å²) in [5, 5.41) is 5.80. The van der Waals surface area contributed by atoms with Gasteiger partial charge in [-0.2, -0.15) is 0 Å².